The molecule has 39 heavy (non-hydrogen) atoms. The van der Waals surface area contributed by atoms with E-state index < -0.39 is 15.6 Å². The predicted molar refractivity (Wildman–Crippen MR) is 140 cm³/mol. The van der Waals surface area contributed by atoms with E-state index in [0.717, 1.165) is 20.0 Å². The summed E-state index contributed by atoms with van der Waals surface area (Å²) in [5, 5.41) is 5.50. The molecule has 19 heteroatoms. The number of halogens is 1. The monoisotopic (exact) mass is 630 g/mol. The first-order valence-electron chi connectivity index (χ1n) is 12.3. The zero-order valence-electron chi connectivity index (χ0n) is 22.1. The average Bonchev–Trinajstić information content (AvgIpc) is 2.90. The molecule has 0 rings (SSSR count). The molecule has 2 unspecified atom stereocenters. The Labute approximate surface area is 232 Å². The van der Waals surface area contributed by atoms with Gasteiger partial charge in [0.15, 0.2) is 0 Å². The van der Waals surface area contributed by atoms with Crippen molar-refractivity contribution in [3.05, 3.63) is 0 Å². The van der Waals surface area contributed by atoms with Crippen LogP contribution in [-0.2, 0) is 51.2 Å². The van der Waals surface area contributed by atoms with E-state index in [1.165, 1.54) is 11.8 Å². The molecule has 0 aromatic carbocycles. The van der Waals surface area contributed by atoms with Gasteiger partial charge in [0, 0.05) is 32.4 Å². The topological polar surface area (TPSA) is 197 Å². The number of carbonyl (C=O) groups is 2. The van der Waals surface area contributed by atoms with Gasteiger partial charge in [-0.05, 0) is 17.4 Å². The van der Waals surface area contributed by atoms with Crippen molar-refractivity contribution in [3.8, 4) is 0 Å². The van der Waals surface area contributed by atoms with E-state index >= 15 is 0 Å². The van der Waals surface area contributed by atoms with Crippen molar-refractivity contribution in [2.75, 3.05) is 84.6 Å². The molecule has 0 aromatic rings. The van der Waals surface area contributed by atoms with E-state index in [2.05, 4.69) is 28.9 Å². The van der Waals surface area contributed by atoms with Crippen LogP contribution in [0.4, 0.5) is 4.53 Å². The third kappa shape index (κ3) is 27.3. The summed E-state index contributed by atoms with van der Waals surface area (Å²) in [6.45, 7) is 2.45. The highest BCUT2D eigenvalue weighted by Crippen LogP contribution is 2.43. The van der Waals surface area contributed by atoms with Crippen molar-refractivity contribution in [3.63, 3.8) is 0 Å². The summed E-state index contributed by atoms with van der Waals surface area (Å²) >= 11 is 1.36. The molecule has 0 radical (unpaired) electrons. The molecule has 232 valence electrons. The summed E-state index contributed by atoms with van der Waals surface area (Å²) in [7, 11) is -7.47. The molecular formula is C20H41FN2O13P2S. The minimum absolute atomic E-state index is 0.0762. The molecule has 2 atom stereocenters. The Morgan fingerprint density at radius 2 is 1.31 bits per heavy atom. The summed E-state index contributed by atoms with van der Waals surface area (Å²) in [5.41, 5.74) is 0. The summed E-state index contributed by atoms with van der Waals surface area (Å²) in [6.07, 6.45) is 2.92. The number of thioether (sulfide) groups is 1. The Hall–Kier alpha value is -0.680. The summed E-state index contributed by atoms with van der Waals surface area (Å²) in [4.78, 5) is 41.3. The second-order valence-electron chi connectivity index (χ2n) is 7.61. The number of nitrogens with one attached hydrogen (secondary N) is 2. The number of hydrogen-bond acceptors (Lipinski definition) is 12. The average molecular weight is 631 g/mol. The smallest absolute Gasteiger partial charge is 0.377 e. The van der Waals surface area contributed by atoms with Gasteiger partial charge in [-0.3, -0.25) is 23.2 Å². The Morgan fingerprint density at radius 1 is 0.744 bits per heavy atom. The highest BCUT2D eigenvalue weighted by atomic mass is 32.2. The Kier molecular flexibility index (Phi) is 24.6. The van der Waals surface area contributed by atoms with Gasteiger partial charge in [-0.15, -0.1) is 0 Å². The first kappa shape index (κ1) is 38.3. The van der Waals surface area contributed by atoms with Gasteiger partial charge in [0.2, 0.25) is 11.8 Å². The van der Waals surface area contributed by atoms with E-state index in [9.17, 15) is 23.2 Å². The lowest BCUT2D eigenvalue weighted by atomic mass is 10.2. The van der Waals surface area contributed by atoms with E-state index in [-0.39, 0.29) is 50.4 Å². The van der Waals surface area contributed by atoms with Gasteiger partial charge in [0.05, 0.1) is 58.6 Å². The fourth-order valence-corrected chi connectivity index (χ4v) is 4.12. The molecule has 0 bridgehead atoms. The molecule has 0 aliphatic carbocycles. The standard InChI is InChI=1S/C20H41FN2O13P2S/c1-30-37(26,27)35-16-15-33-14-13-32-12-11-31-10-8-23-19(24)6-17-39-18-20(25)22-7-4-2-3-5-9-34-38(28,29)36-21/h2-18H2,1H3,(H,22,25)(H,23,24)(H,26,27)(H,28,29). The molecule has 0 heterocycles. The zero-order chi connectivity index (χ0) is 29.2. The minimum Gasteiger partial charge on any atom is -0.377 e. The number of phosphoric ester groups is 2. The maximum Gasteiger partial charge on any atom is 0.503 e. The molecule has 0 aromatic heterocycles. The number of rotatable bonds is 28. The predicted octanol–water partition coefficient (Wildman–Crippen LogP) is 1.73. The second kappa shape index (κ2) is 25.1. The number of carbonyl (C=O) groups excluding carboxylic acids is 2. The molecule has 2 amide bonds. The largest absolute Gasteiger partial charge is 0.503 e. The van der Waals surface area contributed by atoms with Crippen molar-refractivity contribution in [1.29, 1.82) is 0 Å². The lowest BCUT2D eigenvalue weighted by molar-refractivity contribution is -0.121. The van der Waals surface area contributed by atoms with E-state index in [4.69, 9.17) is 24.0 Å². The van der Waals surface area contributed by atoms with Crippen molar-refractivity contribution in [2.24, 2.45) is 0 Å². The molecule has 0 saturated carbocycles. The van der Waals surface area contributed by atoms with Gasteiger partial charge in [-0.25, -0.2) is 9.13 Å². The fraction of sp³-hybridized carbons (Fsp3) is 0.900. The lowest BCUT2D eigenvalue weighted by Crippen LogP contribution is -2.28. The molecular weight excluding hydrogens is 589 g/mol. The molecule has 0 aliphatic rings. The lowest BCUT2D eigenvalue weighted by Gasteiger charge is -2.10. The third-order valence-corrected chi connectivity index (χ3v) is 7.08. The number of phosphoric acid groups is 2. The Bertz CT molecular complexity index is 742. The minimum atomic E-state index is -4.57. The van der Waals surface area contributed by atoms with Crippen LogP contribution in [0, 0.1) is 0 Å². The van der Waals surface area contributed by atoms with Gasteiger partial charge in [0.1, 0.15) is 0 Å². The van der Waals surface area contributed by atoms with Gasteiger partial charge in [-0.1, -0.05) is 17.6 Å². The van der Waals surface area contributed by atoms with Crippen molar-refractivity contribution in [2.45, 2.75) is 32.1 Å². The second-order valence-corrected chi connectivity index (χ2v) is 11.6. The maximum absolute atomic E-state index is 11.8. The van der Waals surface area contributed by atoms with Crippen LogP contribution in [0.25, 0.3) is 0 Å². The number of unbranched alkanes of at least 4 members (excludes halogenated alkanes) is 3. The van der Waals surface area contributed by atoms with Crippen molar-refractivity contribution in [1.82, 2.24) is 10.6 Å². The number of hydrogen-bond donors (Lipinski definition) is 4. The van der Waals surface area contributed by atoms with Crippen molar-refractivity contribution < 1.29 is 65.5 Å². The number of amides is 2. The summed E-state index contributed by atoms with van der Waals surface area (Å²) in [5.74, 6) is 0.495. The summed E-state index contributed by atoms with van der Waals surface area (Å²) in [6, 6.07) is 0. The first-order valence-corrected chi connectivity index (χ1v) is 16.4. The zero-order valence-corrected chi connectivity index (χ0v) is 24.7. The van der Waals surface area contributed by atoms with Crippen LogP contribution < -0.4 is 10.6 Å². The third-order valence-electron chi connectivity index (χ3n) is 4.47. The number of ether oxygens (including phenoxy) is 3. The quantitative estimate of drug-likeness (QED) is 0.0720. The van der Waals surface area contributed by atoms with Crippen LogP contribution in [0.5, 0.6) is 0 Å². The van der Waals surface area contributed by atoms with Crippen LogP contribution >= 0.6 is 27.4 Å². The Morgan fingerprint density at radius 3 is 1.95 bits per heavy atom. The molecule has 4 N–H and O–H groups in total. The van der Waals surface area contributed by atoms with Gasteiger partial charge in [0.25, 0.3) is 0 Å². The SMILES string of the molecule is COP(=O)(O)OCCOCCOCCOCCNC(=O)CCSCC(=O)NCCCCCCOP(=O)(O)OF. The van der Waals surface area contributed by atoms with Crippen LogP contribution in [0.2, 0.25) is 0 Å². The van der Waals surface area contributed by atoms with Crippen LogP contribution in [0.3, 0.4) is 0 Å². The summed E-state index contributed by atoms with van der Waals surface area (Å²) < 4.78 is 65.2. The maximum atomic E-state index is 11.8. The molecule has 0 fully saturated rings. The normalized spacial score (nSPS) is 14.5. The molecule has 15 nitrogen and oxygen atoms in total. The van der Waals surface area contributed by atoms with E-state index in [1.807, 2.05) is 0 Å². The first-order chi connectivity index (χ1) is 18.6. The fourth-order valence-electron chi connectivity index (χ4n) is 2.55. The van der Waals surface area contributed by atoms with Crippen LogP contribution in [0.1, 0.15) is 32.1 Å². The molecule has 0 aliphatic heterocycles. The van der Waals surface area contributed by atoms with Crippen LogP contribution in [0.15, 0.2) is 0 Å². The molecule has 0 saturated heterocycles. The van der Waals surface area contributed by atoms with E-state index in [0.29, 0.717) is 58.1 Å². The van der Waals surface area contributed by atoms with Gasteiger partial charge >= 0.3 is 15.6 Å². The van der Waals surface area contributed by atoms with Crippen molar-refractivity contribution >= 4 is 39.2 Å². The van der Waals surface area contributed by atoms with Gasteiger partial charge in [-0.2, -0.15) is 11.8 Å². The Balaban J connectivity index is 3.38. The van der Waals surface area contributed by atoms with E-state index in [1.54, 1.807) is 0 Å². The highest BCUT2D eigenvalue weighted by Gasteiger charge is 2.21. The highest BCUT2D eigenvalue weighted by molar-refractivity contribution is 7.99. The van der Waals surface area contributed by atoms with Gasteiger partial charge < -0.3 is 34.6 Å². The van der Waals surface area contributed by atoms with Crippen LogP contribution in [-0.4, -0.2) is 106 Å². The molecule has 0 spiro atoms.